The highest BCUT2D eigenvalue weighted by Gasteiger charge is 2.54. The second-order valence-corrected chi connectivity index (χ2v) is 10.6. The summed E-state index contributed by atoms with van der Waals surface area (Å²) in [4.78, 5) is 0. The fraction of sp³-hybridized carbons (Fsp3) is 0.500. The maximum atomic E-state index is 10.2. The average molecular weight is 421 g/mol. The van der Waals surface area contributed by atoms with Crippen molar-refractivity contribution in [1.29, 1.82) is 0 Å². The van der Waals surface area contributed by atoms with E-state index >= 15 is 0 Å². The molecule has 3 rings (SSSR count). The van der Waals surface area contributed by atoms with Gasteiger partial charge in [-0.05, 0) is 78.3 Å². The summed E-state index contributed by atoms with van der Waals surface area (Å²) in [5.41, 5.74) is 3.78. The number of benzene rings is 2. The third-order valence-electron chi connectivity index (χ3n) is 6.48. The first-order chi connectivity index (χ1) is 12.9. The highest BCUT2D eigenvalue weighted by Crippen LogP contribution is 2.60. The number of hydrogen-bond acceptors (Lipinski definition) is 2. The number of aryl methyl sites for hydroxylation is 2. The van der Waals surface area contributed by atoms with Gasteiger partial charge in [-0.1, -0.05) is 63.0 Å². The minimum Gasteiger partial charge on any atom is -0.506 e. The van der Waals surface area contributed by atoms with E-state index in [2.05, 4.69) is 27.7 Å². The van der Waals surface area contributed by atoms with Crippen molar-refractivity contribution in [3.8, 4) is 11.5 Å². The maximum Gasteiger partial charge on any atom is 0.137 e. The number of aromatic hydroxyl groups is 2. The highest BCUT2D eigenvalue weighted by molar-refractivity contribution is 6.32. The molecule has 1 fully saturated rings. The molecule has 2 N–H and O–H groups in total. The van der Waals surface area contributed by atoms with Crippen LogP contribution < -0.4 is 0 Å². The smallest absolute Gasteiger partial charge is 0.137 e. The van der Waals surface area contributed by atoms with E-state index in [9.17, 15) is 10.2 Å². The molecule has 0 saturated heterocycles. The van der Waals surface area contributed by atoms with Crippen LogP contribution in [-0.2, 0) is 5.41 Å². The molecule has 0 aromatic heterocycles. The van der Waals surface area contributed by atoms with Gasteiger partial charge in [-0.3, -0.25) is 0 Å². The molecule has 1 saturated carbocycles. The minimum absolute atomic E-state index is 0.138. The van der Waals surface area contributed by atoms with Gasteiger partial charge in [0.05, 0.1) is 10.0 Å². The van der Waals surface area contributed by atoms with Gasteiger partial charge in [-0.15, -0.1) is 0 Å². The molecule has 0 heterocycles. The summed E-state index contributed by atoms with van der Waals surface area (Å²) in [6, 6.07) is 7.87. The molecule has 28 heavy (non-hydrogen) atoms. The van der Waals surface area contributed by atoms with Gasteiger partial charge in [0.15, 0.2) is 0 Å². The maximum absolute atomic E-state index is 10.2. The van der Waals surface area contributed by atoms with Crippen molar-refractivity contribution in [3.63, 3.8) is 0 Å². The normalized spacial score (nSPS) is 21.4. The van der Waals surface area contributed by atoms with Gasteiger partial charge >= 0.3 is 0 Å². The van der Waals surface area contributed by atoms with Crippen LogP contribution >= 0.6 is 23.2 Å². The molecule has 2 aromatic rings. The third kappa shape index (κ3) is 3.50. The quantitative estimate of drug-likeness (QED) is 0.542. The Labute approximate surface area is 178 Å². The zero-order chi connectivity index (χ0) is 21.0. The van der Waals surface area contributed by atoms with E-state index in [0.717, 1.165) is 35.1 Å². The lowest BCUT2D eigenvalue weighted by molar-refractivity contribution is 0.0434. The highest BCUT2D eigenvalue weighted by atomic mass is 35.5. The number of phenolic OH excluding ortho intramolecular Hbond substituents is 2. The zero-order valence-electron chi connectivity index (χ0n) is 17.5. The fourth-order valence-corrected chi connectivity index (χ4v) is 5.50. The van der Waals surface area contributed by atoms with Gasteiger partial charge in [0.1, 0.15) is 11.5 Å². The Balaban J connectivity index is 2.17. The van der Waals surface area contributed by atoms with Gasteiger partial charge in [0, 0.05) is 5.41 Å². The molecule has 1 aliphatic carbocycles. The van der Waals surface area contributed by atoms with Crippen LogP contribution in [-0.4, -0.2) is 10.2 Å². The Kier molecular flexibility index (Phi) is 5.44. The topological polar surface area (TPSA) is 40.5 Å². The lowest BCUT2D eigenvalue weighted by atomic mass is 9.47. The van der Waals surface area contributed by atoms with Crippen LogP contribution in [0.4, 0.5) is 0 Å². The summed E-state index contributed by atoms with van der Waals surface area (Å²) >= 11 is 12.7. The summed E-state index contributed by atoms with van der Waals surface area (Å²) in [6.45, 7) is 12.9. The van der Waals surface area contributed by atoms with E-state index in [-0.39, 0.29) is 22.3 Å². The van der Waals surface area contributed by atoms with Crippen LogP contribution in [0.5, 0.6) is 11.5 Å². The zero-order valence-corrected chi connectivity index (χ0v) is 19.0. The average Bonchev–Trinajstić information content (AvgIpc) is 2.58. The van der Waals surface area contributed by atoms with Crippen molar-refractivity contribution in [2.24, 2.45) is 17.3 Å². The second kappa shape index (κ2) is 7.15. The molecule has 0 radical (unpaired) electrons. The van der Waals surface area contributed by atoms with Gasteiger partial charge in [-0.2, -0.15) is 0 Å². The van der Waals surface area contributed by atoms with Crippen molar-refractivity contribution in [2.75, 3.05) is 0 Å². The molecule has 152 valence electrons. The molecule has 0 unspecified atom stereocenters. The molecule has 2 aromatic carbocycles. The van der Waals surface area contributed by atoms with Crippen molar-refractivity contribution in [1.82, 2.24) is 0 Å². The summed E-state index contributed by atoms with van der Waals surface area (Å²) in [5.74, 6) is 1.24. The van der Waals surface area contributed by atoms with Crippen LogP contribution in [0.25, 0.3) is 0 Å². The summed E-state index contributed by atoms with van der Waals surface area (Å²) in [5, 5.41) is 21.1. The minimum atomic E-state index is -0.236. The SMILES string of the molecule is Cc1cc(C2(c3cc(C)c(O)c(Cl)c3)C[C@@H](CC(C)(C)C)[C@@H]2C)cc(Cl)c1O. The van der Waals surface area contributed by atoms with Crippen LogP contribution in [0, 0.1) is 31.1 Å². The first kappa shape index (κ1) is 21.3. The molecule has 0 spiro atoms. The second-order valence-electron chi connectivity index (χ2n) is 9.74. The predicted molar refractivity (Wildman–Crippen MR) is 118 cm³/mol. The van der Waals surface area contributed by atoms with E-state index < -0.39 is 0 Å². The van der Waals surface area contributed by atoms with Gasteiger partial charge < -0.3 is 10.2 Å². The van der Waals surface area contributed by atoms with Crippen LogP contribution in [0.15, 0.2) is 24.3 Å². The first-order valence-electron chi connectivity index (χ1n) is 9.86. The standard InChI is InChI=1S/C24H30Cl2O2/c1-13-7-17(9-19(25)21(13)27)24(12-16(15(24)3)11-23(4,5)6)18-8-14(2)22(28)20(26)10-18/h7-10,15-16,27-28H,11-12H2,1-6H3/t15-,16+/m0/s1. The van der Waals surface area contributed by atoms with E-state index in [1.165, 1.54) is 0 Å². The van der Waals surface area contributed by atoms with Gasteiger partial charge in [0.2, 0.25) is 0 Å². The lowest BCUT2D eigenvalue weighted by Gasteiger charge is -2.56. The van der Waals surface area contributed by atoms with Crippen molar-refractivity contribution < 1.29 is 10.2 Å². The Morgan fingerprint density at radius 3 is 1.68 bits per heavy atom. The Morgan fingerprint density at radius 2 is 1.36 bits per heavy atom. The number of phenols is 2. The van der Waals surface area contributed by atoms with Crippen LogP contribution in [0.3, 0.4) is 0 Å². The lowest BCUT2D eigenvalue weighted by Crippen LogP contribution is -2.51. The van der Waals surface area contributed by atoms with Crippen molar-refractivity contribution in [3.05, 3.63) is 56.6 Å². The molecule has 1 aliphatic rings. The first-order valence-corrected chi connectivity index (χ1v) is 10.6. The van der Waals surface area contributed by atoms with Crippen LogP contribution in [0.2, 0.25) is 10.0 Å². The molecule has 4 heteroatoms. The van der Waals surface area contributed by atoms with Gasteiger partial charge in [-0.25, -0.2) is 0 Å². The van der Waals surface area contributed by atoms with Gasteiger partial charge in [0.25, 0.3) is 0 Å². The molecular weight excluding hydrogens is 391 g/mol. The third-order valence-corrected chi connectivity index (χ3v) is 7.06. The largest absolute Gasteiger partial charge is 0.506 e. The summed E-state index contributed by atoms with van der Waals surface area (Å²) < 4.78 is 0. The summed E-state index contributed by atoms with van der Waals surface area (Å²) in [7, 11) is 0. The van der Waals surface area contributed by atoms with Crippen molar-refractivity contribution >= 4 is 23.2 Å². The van der Waals surface area contributed by atoms with E-state index in [1.807, 2.05) is 38.1 Å². The molecule has 0 bridgehead atoms. The Bertz CT molecular complexity index is 808. The molecule has 0 aliphatic heterocycles. The number of rotatable bonds is 3. The summed E-state index contributed by atoms with van der Waals surface area (Å²) in [6.07, 6.45) is 2.14. The molecule has 0 amide bonds. The fourth-order valence-electron chi connectivity index (χ4n) is 4.97. The van der Waals surface area contributed by atoms with E-state index in [0.29, 0.717) is 21.9 Å². The predicted octanol–water partition coefficient (Wildman–Crippen LogP) is 7.40. The number of halogens is 2. The molecular formula is C24H30Cl2O2. The van der Waals surface area contributed by atoms with E-state index in [4.69, 9.17) is 23.2 Å². The van der Waals surface area contributed by atoms with Crippen molar-refractivity contribution in [2.45, 2.75) is 59.8 Å². The van der Waals surface area contributed by atoms with E-state index in [1.54, 1.807) is 0 Å². The molecule has 2 atom stereocenters. The monoisotopic (exact) mass is 420 g/mol. The molecule has 2 nitrogen and oxygen atoms in total. The Morgan fingerprint density at radius 1 is 0.929 bits per heavy atom. The number of hydrogen-bond donors (Lipinski definition) is 2. The Hall–Kier alpha value is -1.38. The van der Waals surface area contributed by atoms with Crippen LogP contribution in [0.1, 0.15) is 62.8 Å².